The molecule has 1 amide bonds. The van der Waals surface area contributed by atoms with Crippen LogP contribution in [-0.4, -0.2) is 88.2 Å². The fourth-order valence-corrected chi connectivity index (χ4v) is 2.11. The van der Waals surface area contributed by atoms with Gasteiger partial charge < -0.3 is 20.3 Å². The minimum Gasteiger partial charge on any atom is -0.383 e. The predicted molar refractivity (Wildman–Crippen MR) is 95.3 cm³/mol. The molecule has 0 unspecified atom stereocenters. The van der Waals surface area contributed by atoms with Crippen LogP contribution in [0.15, 0.2) is 4.99 Å². The first-order valence-corrected chi connectivity index (χ1v) is 7.08. The van der Waals surface area contributed by atoms with Gasteiger partial charge in [0.05, 0.1) is 6.61 Å². The number of nitrogens with zero attached hydrogens (tertiary/aromatic N) is 3. The van der Waals surface area contributed by atoms with Crippen LogP contribution in [0.5, 0.6) is 0 Å². The molecule has 21 heavy (non-hydrogen) atoms. The molecule has 0 aromatic carbocycles. The summed E-state index contributed by atoms with van der Waals surface area (Å²) in [7, 11) is 3.44. The molecule has 0 bridgehead atoms. The Morgan fingerprint density at radius 3 is 2.33 bits per heavy atom. The molecule has 0 saturated carbocycles. The van der Waals surface area contributed by atoms with Gasteiger partial charge in [-0.25, -0.2) is 0 Å². The monoisotopic (exact) mass is 413 g/mol. The maximum atomic E-state index is 11.2. The quantitative estimate of drug-likeness (QED) is 0.268. The summed E-state index contributed by atoms with van der Waals surface area (Å²) in [5.74, 6) is 0.968. The summed E-state index contributed by atoms with van der Waals surface area (Å²) >= 11 is 0. The molecule has 1 rings (SSSR count). The van der Waals surface area contributed by atoms with Gasteiger partial charge >= 0.3 is 0 Å². The highest BCUT2D eigenvalue weighted by molar-refractivity contribution is 14.0. The summed E-state index contributed by atoms with van der Waals surface area (Å²) in [5, 5.41) is 6.44. The summed E-state index contributed by atoms with van der Waals surface area (Å²) in [6.45, 7) is 8.37. The Labute approximate surface area is 144 Å². The standard InChI is InChI=1S/C13H27N5O2.HI/c1-12(19)18-9-7-17(8-10-18)6-4-15-13(14-2)16-5-11-20-3;/h4-11H2,1-3H3,(H2,14,15,16);1H. The summed E-state index contributed by atoms with van der Waals surface area (Å²) in [4.78, 5) is 19.6. The minimum atomic E-state index is 0. The van der Waals surface area contributed by atoms with Crippen LogP contribution in [0.1, 0.15) is 6.92 Å². The fraction of sp³-hybridized carbons (Fsp3) is 0.846. The van der Waals surface area contributed by atoms with E-state index in [1.807, 2.05) is 4.90 Å². The van der Waals surface area contributed by atoms with Gasteiger partial charge in [-0.3, -0.25) is 14.7 Å². The maximum Gasteiger partial charge on any atom is 0.219 e. The van der Waals surface area contributed by atoms with Crippen LogP contribution in [0.2, 0.25) is 0 Å². The number of hydrogen-bond donors (Lipinski definition) is 2. The molecule has 0 aromatic rings. The zero-order chi connectivity index (χ0) is 14.8. The Hall–Kier alpha value is -0.610. The Kier molecular flexibility index (Phi) is 11.6. The number of rotatable bonds is 6. The van der Waals surface area contributed by atoms with Crippen molar-refractivity contribution < 1.29 is 9.53 Å². The zero-order valence-electron chi connectivity index (χ0n) is 13.2. The SMILES string of the molecule is CN=C(NCCOC)NCCN1CCN(C(C)=O)CC1.I. The average Bonchev–Trinajstić information content (AvgIpc) is 2.46. The molecule has 0 radical (unpaired) electrons. The van der Waals surface area contributed by atoms with Crippen molar-refractivity contribution >= 4 is 35.8 Å². The van der Waals surface area contributed by atoms with E-state index in [-0.39, 0.29) is 29.9 Å². The molecule has 2 N–H and O–H groups in total. The van der Waals surface area contributed by atoms with Gasteiger partial charge in [0.25, 0.3) is 0 Å². The number of guanidine groups is 1. The number of piperazine rings is 1. The van der Waals surface area contributed by atoms with Crippen molar-refractivity contribution in [2.45, 2.75) is 6.92 Å². The number of carbonyl (C=O) groups excluding carboxylic acids is 1. The van der Waals surface area contributed by atoms with E-state index in [4.69, 9.17) is 4.74 Å². The third kappa shape index (κ3) is 8.42. The first-order valence-electron chi connectivity index (χ1n) is 7.08. The van der Waals surface area contributed by atoms with Crippen LogP contribution in [0.25, 0.3) is 0 Å². The molecule has 1 aliphatic rings. The first kappa shape index (κ1) is 20.4. The van der Waals surface area contributed by atoms with Crippen LogP contribution < -0.4 is 10.6 Å². The lowest BCUT2D eigenvalue weighted by Gasteiger charge is -2.34. The zero-order valence-corrected chi connectivity index (χ0v) is 15.6. The van der Waals surface area contributed by atoms with E-state index in [1.165, 1.54) is 0 Å². The number of halogens is 1. The molecule has 1 heterocycles. The predicted octanol–water partition coefficient (Wildman–Crippen LogP) is -0.420. The van der Waals surface area contributed by atoms with Crippen LogP contribution in [-0.2, 0) is 9.53 Å². The number of ether oxygens (including phenoxy) is 1. The smallest absolute Gasteiger partial charge is 0.219 e. The van der Waals surface area contributed by atoms with Crippen molar-refractivity contribution in [2.24, 2.45) is 4.99 Å². The third-order valence-electron chi connectivity index (χ3n) is 3.36. The largest absolute Gasteiger partial charge is 0.383 e. The Morgan fingerprint density at radius 2 is 1.81 bits per heavy atom. The Bertz CT molecular complexity index is 320. The lowest BCUT2D eigenvalue weighted by Crippen LogP contribution is -2.50. The van der Waals surface area contributed by atoms with Gasteiger partial charge in [0, 0.05) is 66.9 Å². The van der Waals surface area contributed by atoms with Crippen LogP contribution in [0.4, 0.5) is 0 Å². The number of carbonyl (C=O) groups is 1. The van der Waals surface area contributed by atoms with Gasteiger partial charge in [-0.15, -0.1) is 24.0 Å². The molecule has 7 nitrogen and oxygen atoms in total. The summed E-state index contributed by atoms with van der Waals surface area (Å²) in [6.07, 6.45) is 0. The molecule has 1 fully saturated rings. The van der Waals surface area contributed by atoms with Crippen LogP contribution >= 0.6 is 24.0 Å². The maximum absolute atomic E-state index is 11.2. The van der Waals surface area contributed by atoms with Gasteiger partial charge in [-0.1, -0.05) is 0 Å². The number of amides is 1. The van der Waals surface area contributed by atoms with Crippen LogP contribution in [0.3, 0.4) is 0 Å². The highest BCUT2D eigenvalue weighted by Crippen LogP contribution is 2.00. The van der Waals surface area contributed by atoms with Crippen LogP contribution in [0, 0.1) is 0 Å². The van der Waals surface area contributed by atoms with E-state index in [9.17, 15) is 4.79 Å². The highest BCUT2D eigenvalue weighted by Gasteiger charge is 2.17. The van der Waals surface area contributed by atoms with Crippen molar-refractivity contribution in [3.63, 3.8) is 0 Å². The Balaban J connectivity index is 0.00000400. The second kappa shape index (κ2) is 12.0. The Morgan fingerprint density at radius 1 is 1.19 bits per heavy atom. The summed E-state index contributed by atoms with van der Waals surface area (Å²) in [5.41, 5.74) is 0. The van der Waals surface area contributed by atoms with Gasteiger partial charge in [0.2, 0.25) is 5.91 Å². The minimum absolute atomic E-state index is 0. The van der Waals surface area contributed by atoms with Gasteiger partial charge in [0.1, 0.15) is 0 Å². The first-order chi connectivity index (χ1) is 9.67. The van der Waals surface area contributed by atoms with E-state index >= 15 is 0 Å². The molecular weight excluding hydrogens is 385 g/mol. The lowest BCUT2D eigenvalue weighted by molar-refractivity contribution is -0.130. The second-order valence-corrected chi connectivity index (χ2v) is 4.77. The van der Waals surface area contributed by atoms with E-state index < -0.39 is 0 Å². The van der Waals surface area contributed by atoms with E-state index in [1.54, 1.807) is 21.1 Å². The topological polar surface area (TPSA) is 69.2 Å². The number of aliphatic imine (C=N–C) groups is 1. The van der Waals surface area contributed by atoms with Crippen molar-refractivity contribution in [2.75, 3.05) is 66.6 Å². The van der Waals surface area contributed by atoms with E-state index in [0.717, 1.165) is 51.8 Å². The highest BCUT2D eigenvalue weighted by atomic mass is 127. The van der Waals surface area contributed by atoms with Crippen molar-refractivity contribution in [1.82, 2.24) is 20.4 Å². The van der Waals surface area contributed by atoms with Crippen molar-refractivity contribution in [3.05, 3.63) is 0 Å². The van der Waals surface area contributed by atoms with Gasteiger partial charge in [-0.05, 0) is 0 Å². The molecule has 0 aromatic heterocycles. The summed E-state index contributed by atoms with van der Waals surface area (Å²) in [6, 6.07) is 0. The second-order valence-electron chi connectivity index (χ2n) is 4.77. The van der Waals surface area contributed by atoms with Crippen molar-refractivity contribution in [1.29, 1.82) is 0 Å². The molecule has 0 spiro atoms. The normalized spacial score (nSPS) is 16.3. The molecule has 124 valence electrons. The number of hydrogen-bond acceptors (Lipinski definition) is 4. The average molecular weight is 413 g/mol. The molecule has 0 aliphatic carbocycles. The summed E-state index contributed by atoms with van der Waals surface area (Å²) < 4.78 is 4.98. The molecule has 8 heteroatoms. The van der Waals surface area contributed by atoms with Gasteiger partial charge in [0.15, 0.2) is 5.96 Å². The third-order valence-corrected chi connectivity index (χ3v) is 3.36. The number of nitrogens with one attached hydrogen (secondary N) is 2. The van der Waals surface area contributed by atoms with Crippen molar-refractivity contribution in [3.8, 4) is 0 Å². The fourth-order valence-electron chi connectivity index (χ4n) is 2.11. The number of methoxy groups -OCH3 is 1. The lowest BCUT2D eigenvalue weighted by atomic mass is 10.3. The molecule has 1 saturated heterocycles. The molecule has 0 atom stereocenters. The molecular formula is C13H28IN5O2. The van der Waals surface area contributed by atoms with Gasteiger partial charge in [-0.2, -0.15) is 0 Å². The molecule has 1 aliphatic heterocycles. The van der Waals surface area contributed by atoms with E-state index in [0.29, 0.717) is 6.61 Å². The van der Waals surface area contributed by atoms with E-state index in [2.05, 4.69) is 20.5 Å².